The summed E-state index contributed by atoms with van der Waals surface area (Å²) in [5, 5.41) is 7.68. The molecule has 1 N–H and O–H groups in total. The molecule has 1 aliphatic heterocycles. The number of carbonyl (C=O) groups is 1. The van der Waals surface area contributed by atoms with Crippen molar-refractivity contribution < 1.29 is 13.2 Å². The Morgan fingerprint density at radius 1 is 1.03 bits per heavy atom. The predicted molar refractivity (Wildman–Crippen MR) is 113 cm³/mol. The summed E-state index contributed by atoms with van der Waals surface area (Å²) in [5.74, 6) is 0.00428. The van der Waals surface area contributed by atoms with Crippen LogP contribution in [-0.4, -0.2) is 41.7 Å². The van der Waals surface area contributed by atoms with Crippen LogP contribution in [0.4, 0.5) is 0 Å². The molecule has 0 spiro atoms. The van der Waals surface area contributed by atoms with E-state index in [-0.39, 0.29) is 23.5 Å². The van der Waals surface area contributed by atoms with Gasteiger partial charge in [0.1, 0.15) is 15.5 Å². The third-order valence-electron chi connectivity index (χ3n) is 5.19. The van der Waals surface area contributed by atoms with Crippen LogP contribution in [0.15, 0.2) is 60.8 Å². The monoisotopic (exact) mass is 409 g/mol. The summed E-state index contributed by atoms with van der Waals surface area (Å²) in [4.78, 5) is 13.1. The molecule has 7 heteroatoms. The Balaban J connectivity index is 1.65. The molecule has 1 aromatic heterocycles. The lowest BCUT2D eigenvalue weighted by atomic mass is 10.1. The van der Waals surface area contributed by atoms with Crippen molar-refractivity contribution in [1.82, 2.24) is 15.1 Å². The average Bonchev–Trinajstić information content (AvgIpc) is 3.16. The van der Waals surface area contributed by atoms with E-state index in [9.17, 15) is 13.2 Å². The van der Waals surface area contributed by atoms with Crippen molar-refractivity contribution in [3.8, 4) is 16.9 Å². The van der Waals surface area contributed by atoms with E-state index in [2.05, 4.69) is 10.4 Å². The molecule has 0 unspecified atom stereocenters. The molecular formula is C22H23N3O3S. The van der Waals surface area contributed by atoms with E-state index in [1.54, 1.807) is 10.9 Å². The lowest BCUT2D eigenvalue weighted by Gasteiger charge is -2.22. The van der Waals surface area contributed by atoms with Crippen molar-refractivity contribution in [2.75, 3.05) is 11.5 Å². The first kappa shape index (κ1) is 19.4. The van der Waals surface area contributed by atoms with E-state index in [0.29, 0.717) is 24.1 Å². The molecule has 0 radical (unpaired) electrons. The Kier molecular flexibility index (Phi) is 5.24. The molecule has 1 fully saturated rings. The maximum Gasteiger partial charge on any atom is 0.255 e. The van der Waals surface area contributed by atoms with Gasteiger partial charge in [0.2, 0.25) is 0 Å². The lowest BCUT2D eigenvalue weighted by Crippen LogP contribution is -2.40. The van der Waals surface area contributed by atoms with Crippen LogP contribution in [0.2, 0.25) is 0 Å². The minimum absolute atomic E-state index is 0.117. The number of rotatable bonds is 4. The standard InChI is InChI=1S/C22H23N3O3S/c1-16-7-9-19(10-8-16)25-15-20(21(24-25)17-5-3-2-4-6-17)22(26)23-18-11-13-29(27,28)14-12-18/h2-10,15,18H,11-14H2,1H3,(H,23,26). The normalized spacial score (nSPS) is 16.4. The number of nitrogens with zero attached hydrogens (tertiary/aromatic N) is 2. The van der Waals surface area contributed by atoms with Gasteiger partial charge in [-0.1, -0.05) is 48.0 Å². The zero-order valence-electron chi connectivity index (χ0n) is 16.2. The van der Waals surface area contributed by atoms with E-state index < -0.39 is 9.84 Å². The van der Waals surface area contributed by atoms with Gasteiger partial charge in [-0.25, -0.2) is 13.1 Å². The molecule has 0 bridgehead atoms. The summed E-state index contributed by atoms with van der Waals surface area (Å²) in [6.45, 7) is 2.02. The highest BCUT2D eigenvalue weighted by Gasteiger charge is 2.26. The minimum atomic E-state index is -2.97. The highest BCUT2D eigenvalue weighted by molar-refractivity contribution is 7.91. The second kappa shape index (κ2) is 7.83. The first-order valence-electron chi connectivity index (χ1n) is 9.65. The maximum atomic E-state index is 13.1. The van der Waals surface area contributed by atoms with Gasteiger partial charge in [0, 0.05) is 17.8 Å². The molecular weight excluding hydrogens is 386 g/mol. The minimum Gasteiger partial charge on any atom is -0.349 e. The molecule has 3 aromatic rings. The summed E-state index contributed by atoms with van der Waals surface area (Å²) in [5.41, 5.74) is 3.96. The van der Waals surface area contributed by atoms with E-state index in [0.717, 1.165) is 16.8 Å². The van der Waals surface area contributed by atoms with Crippen LogP contribution in [0.1, 0.15) is 28.8 Å². The van der Waals surface area contributed by atoms with E-state index in [1.807, 2.05) is 61.5 Å². The van der Waals surface area contributed by atoms with Gasteiger partial charge in [0.25, 0.3) is 5.91 Å². The number of aryl methyl sites for hydroxylation is 1. The highest BCUT2D eigenvalue weighted by Crippen LogP contribution is 2.24. The second-order valence-electron chi connectivity index (χ2n) is 7.44. The van der Waals surface area contributed by atoms with Gasteiger partial charge in [0.15, 0.2) is 0 Å². The molecule has 0 atom stereocenters. The van der Waals surface area contributed by atoms with Gasteiger partial charge in [0.05, 0.1) is 22.8 Å². The third kappa shape index (κ3) is 4.40. The van der Waals surface area contributed by atoms with E-state index in [1.165, 1.54) is 0 Å². The molecule has 2 aromatic carbocycles. The van der Waals surface area contributed by atoms with E-state index >= 15 is 0 Å². The first-order valence-corrected chi connectivity index (χ1v) is 11.5. The average molecular weight is 410 g/mol. The van der Waals surface area contributed by atoms with Crippen LogP contribution < -0.4 is 5.32 Å². The molecule has 1 amide bonds. The van der Waals surface area contributed by atoms with Gasteiger partial charge in [-0.05, 0) is 31.9 Å². The zero-order chi connectivity index (χ0) is 20.4. The molecule has 29 heavy (non-hydrogen) atoms. The van der Waals surface area contributed by atoms with E-state index in [4.69, 9.17) is 0 Å². The maximum absolute atomic E-state index is 13.1. The fraction of sp³-hybridized carbons (Fsp3) is 0.273. The number of nitrogens with one attached hydrogen (secondary N) is 1. The van der Waals surface area contributed by atoms with Crippen molar-refractivity contribution in [1.29, 1.82) is 0 Å². The molecule has 0 aliphatic carbocycles. The largest absolute Gasteiger partial charge is 0.349 e. The number of aromatic nitrogens is 2. The summed E-state index contributed by atoms with van der Waals surface area (Å²) < 4.78 is 25.0. The molecule has 4 rings (SSSR count). The van der Waals surface area contributed by atoms with Gasteiger partial charge >= 0.3 is 0 Å². The highest BCUT2D eigenvalue weighted by atomic mass is 32.2. The summed E-state index contributed by atoms with van der Waals surface area (Å²) >= 11 is 0. The zero-order valence-corrected chi connectivity index (χ0v) is 17.0. The fourth-order valence-electron chi connectivity index (χ4n) is 3.48. The lowest BCUT2D eigenvalue weighted by molar-refractivity contribution is 0.0935. The van der Waals surface area contributed by atoms with Crippen molar-refractivity contribution >= 4 is 15.7 Å². The SMILES string of the molecule is Cc1ccc(-n2cc(C(=O)NC3CCS(=O)(=O)CC3)c(-c3ccccc3)n2)cc1. The number of hydrogen-bond acceptors (Lipinski definition) is 4. The first-order chi connectivity index (χ1) is 13.9. The molecule has 6 nitrogen and oxygen atoms in total. The number of benzene rings is 2. The smallest absolute Gasteiger partial charge is 0.255 e. The Hall–Kier alpha value is -2.93. The molecule has 1 aliphatic rings. The summed E-state index contributed by atoms with van der Waals surface area (Å²) in [7, 11) is -2.97. The van der Waals surface area contributed by atoms with Crippen LogP contribution in [0.3, 0.4) is 0 Å². The van der Waals surface area contributed by atoms with Crippen molar-refractivity contribution in [3.63, 3.8) is 0 Å². The van der Waals surface area contributed by atoms with Crippen molar-refractivity contribution in [2.24, 2.45) is 0 Å². The topological polar surface area (TPSA) is 81.1 Å². The third-order valence-corrected chi connectivity index (χ3v) is 6.91. The Morgan fingerprint density at radius 2 is 1.69 bits per heavy atom. The van der Waals surface area contributed by atoms with Crippen LogP contribution >= 0.6 is 0 Å². The number of carbonyl (C=O) groups excluding carboxylic acids is 1. The van der Waals surface area contributed by atoms with Crippen LogP contribution in [-0.2, 0) is 9.84 Å². The number of amides is 1. The fourth-order valence-corrected chi connectivity index (χ4v) is 4.97. The Labute approximate surface area is 170 Å². The summed E-state index contributed by atoms with van der Waals surface area (Å²) in [6, 6.07) is 17.4. The molecule has 1 saturated heterocycles. The van der Waals surface area contributed by atoms with Gasteiger partial charge in [-0.15, -0.1) is 0 Å². The van der Waals surface area contributed by atoms with Gasteiger partial charge < -0.3 is 5.32 Å². The van der Waals surface area contributed by atoms with Crippen LogP contribution in [0.25, 0.3) is 16.9 Å². The van der Waals surface area contributed by atoms with Crippen molar-refractivity contribution in [3.05, 3.63) is 71.9 Å². The molecule has 150 valence electrons. The number of hydrogen-bond donors (Lipinski definition) is 1. The predicted octanol–water partition coefficient (Wildman–Crippen LogP) is 3.15. The Morgan fingerprint density at radius 3 is 2.34 bits per heavy atom. The second-order valence-corrected chi connectivity index (χ2v) is 9.74. The number of sulfone groups is 1. The molecule has 2 heterocycles. The van der Waals surface area contributed by atoms with Gasteiger partial charge in [-0.2, -0.15) is 5.10 Å². The van der Waals surface area contributed by atoms with Crippen LogP contribution in [0.5, 0.6) is 0 Å². The molecule has 0 saturated carbocycles. The van der Waals surface area contributed by atoms with Gasteiger partial charge in [-0.3, -0.25) is 4.79 Å². The summed E-state index contributed by atoms with van der Waals surface area (Å²) in [6.07, 6.45) is 2.63. The van der Waals surface area contributed by atoms with Crippen molar-refractivity contribution in [2.45, 2.75) is 25.8 Å². The Bertz CT molecular complexity index is 1110. The van der Waals surface area contributed by atoms with Crippen LogP contribution in [0, 0.1) is 6.92 Å². The quantitative estimate of drug-likeness (QED) is 0.718.